The zero-order valence-electron chi connectivity index (χ0n) is 14.5. The quantitative estimate of drug-likeness (QED) is 0.762. The number of thiophene rings is 1. The number of nitrogens with one attached hydrogen (secondary N) is 1. The van der Waals surface area contributed by atoms with Gasteiger partial charge in [-0.25, -0.2) is 12.7 Å². The lowest BCUT2D eigenvalue weighted by molar-refractivity contribution is -0.116. The standard InChI is InChI=1S/C17H22N2O4S2/c1-4-23-15-7-6-14(11-16(15)25(21,22)19(2)3)18-17(20)8-5-13-9-10-24-12-13/h6-7,9-12H,4-5,8H2,1-3H3,(H,18,20). The molecular formula is C17H22N2O4S2. The van der Waals surface area contributed by atoms with Gasteiger partial charge in [-0.1, -0.05) is 0 Å². The lowest BCUT2D eigenvalue weighted by Gasteiger charge is -2.16. The fraction of sp³-hybridized carbons (Fsp3) is 0.353. The Balaban J connectivity index is 2.17. The monoisotopic (exact) mass is 382 g/mol. The van der Waals surface area contributed by atoms with Crippen molar-refractivity contribution in [1.82, 2.24) is 4.31 Å². The SMILES string of the molecule is CCOc1ccc(NC(=O)CCc2ccsc2)cc1S(=O)(=O)N(C)C. The van der Waals surface area contributed by atoms with Crippen LogP contribution >= 0.6 is 11.3 Å². The third-order valence-corrected chi connectivity index (χ3v) is 6.08. The molecule has 1 aromatic carbocycles. The Morgan fingerprint density at radius 1 is 1.28 bits per heavy atom. The summed E-state index contributed by atoms with van der Waals surface area (Å²) in [6, 6.07) is 6.62. The summed E-state index contributed by atoms with van der Waals surface area (Å²) in [5.41, 5.74) is 1.54. The van der Waals surface area contributed by atoms with E-state index in [1.807, 2.05) is 16.8 Å². The highest BCUT2D eigenvalue weighted by Crippen LogP contribution is 2.29. The molecule has 0 saturated carbocycles. The van der Waals surface area contributed by atoms with Gasteiger partial charge >= 0.3 is 0 Å². The molecule has 1 amide bonds. The minimum atomic E-state index is -3.68. The van der Waals surface area contributed by atoms with E-state index < -0.39 is 10.0 Å². The summed E-state index contributed by atoms with van der Waals surface area (Å²) in [5, 5.41) is 6.73. The highest BCUT2D eigenvalue weighted by molar-refractivity contribution is 7.89. The van der Waals surface area contributed by atoms with Crippen LogP contribution in [0.15, 0.2) is 39.9 Å². The molecule has 0 unspecified atom stereocenters. The van der Waals surface area contributed by atoms with Gasteiger partial charge in [-0.15, -0.1) is 0 Å². The van der Waals surface area contributed by atoms with Gasteiger partial charge in [0.25, 0.3) is 0 Å². The molecule has 1 heterocycles. The van der Waals surface area contributed by atoms with E-state index in [0.717, 1.165) is 9.87 Å². The Morgan fingerprint density at radius 2 is 2.04 bits per heavy atom. The first-order valence-corrected chi connectivity index (χ1v) is 10.2. The topological polar surface area (TPSA) is 75.7 Å². The second-order valence-electron chi connectivity index (χ2n) is 5.56. The van der Waals surface area contributed by atoms with Gasteiger partial charge in [-0.05, 0) is 53.9 Å². The zero-order chi connectivity index (χ0) is 18.4. The number of carbonyl (C=O) groups excluding carboxylic acids is 1. The number of aryl methyl sites for hydroxylation is 1. The third-order valence-electron chi connectivity index (χ3n) is 3.51. The number of anilines is 1. The van der Waals surface area contributed by atoms with Crippen molar-refractivity contribution in [2.45, 2.75) is 24.7 Å². The van der Waals surface area contributed by atoms with Gasteiger partial charge < -0.3 is 10.1 Å². The maximum Gasteiger partial charge on any atom is 0.246 e. The average Bonchev–Trinajstić information content (AvgIpc) is 3.08. The van der Waals surface area contributed by atoms with E-state index in [0.29, 0.717) is 25.1 Å². The number of carbonyl (C=O) groups is 1. The van der Waals surface area contributed by atoms with E-state index in [4.69, 9.17) is 4.74 Å². The molecule has 1 aromatic heterocycles. The van der Waals surface area contributed by atoms with E-state index in [9.17, 15) is 13.2 Å². The van der Waals surface area contributed by atoms with Crippen LogP contribution in [0.3, 0.4) is 0 Å². The van der Waals surface area contributed by atoms with Gasteiger partial charge in [-0.2, -0.15) is 11.3 Å². The number of nitrogens with zero attached hydrogens (tertiary/aromatic N) is 1. The summed E-state index contributed by atoms with van der Waals surface area (Å²) in [6.45, 7) is 2.13. The molecule has 2 aromatic rings. The van der Waals surface area contributed by atoms with E-state index in [2.05, 4.69) is 5.32 Å². The Bertz CT molecular complexity index is 815. The van der Waals surface area contributed by atoms with Crippen LogP contribution in [0.5, 0.6) is 5.75 Å². The Kier molecular flexibility index (Phi) is 6.57. The number of sulfonamides is 1. The van der Waals surface area contributed by atoms with Crippen molar-refractivity contribution in [2.24, 2.45) is 0 Å². The highest BCUT2D eigenvalue weighted by atomic mass is 32.2. The number of benzene rings is 1. The third kappa shape index (κ3) is 5.04. The molecule has 136 valence electrons. The predicted octanol–water partition coefficient (Wildman–Crippen LogP) is 2.97. The molecular weight excluding hydrogens is 360 g/mol. The molecule has 0 aliphatic heterocycles. The zero-order valence-corrected chi connectivity index (χ0v) is 16.1. The summed E-state index contributed by atoms with van der Waals surface area (Å²) >= 11 is 1.59. The van der Waals surface area contributed by atoms with Crippen molar-refractivity contribution >= 4 is 33.0 Å². The average molecular weight is 383 g/mol. The highest BCUT2D eigenvalue weighted by Gasteiger charge is 2.23. The molecule has 0 aliphatic rings. The maximum atomic E-state index is 12.5. The fourth-order valence-electron chi connectivity index (χ4n) is 2.18. The minimum absolute atomic E-state index is 0.0370. The van der Waals surface area contributed by atoms with Gasteiger partial charge in [0.2, 0.25) is 15.9 Å². The van der Waals surface area contributed by atoms with Crippen LogP contribution in [-0.4, -0.2) is 39.3 Å². The van der Waals surface area contributed by atoms with Crippen LogP contribution in [0.25, 0.3) is 0 Å². The van der Waals surface area contributed by atoms with Crippen molar-refractivity contribution < 1.29 is 17.9 Å². The summed E-state index contributed by atoms with van der Waals surface area (Å²) in [5.74, 6) is 0.107. The molecule has 1 N–H and O–H groups in total. The second kappa shape index (κ2) is 8.46. The van der Waals surface area contributed by atoms with Crippen LogP contribution in [0.2, 0.25) is 0 Å². The Labute approximate surface area is 152 Å². The first kappa shape index (κ1) is 19.4. The fourth-order valence-corrected chi connectivity index (χ4v) is 3.93. The maximum absolute atomic E-state index is 12.5. The normalized spacial score (nSPS) is 11.5. The number of ether oxygens (including phenoxy) is 1. The van der Waals surface area contributed by atoms with E-state index in [-0.39, 0.29) is 16.6 Å². The van der Waals surface area contributed by atoms with Crippen molar-refractivity contribution in [1.29, 1.82) is 0 Å². The van der Waals surface area contributed by atoms with Crippen LogP contribution < -0.4 is 10.1 Å². The van der Waals surface area contributed by atoms with Crippen molar-refractivity contribution in [2.75, 3.05) is 26.0 Å². The van der Waals surface area contributed by atoms with Gasteiger partial charge in [0.05, 0.1) is 6.61 Å². The van der Waals surface area contributed by atoms with Gasteiger partial charge in [0.15, 0.2) is 0 Å². The Morgan fingerprint density at radius 3 is 2.64 bits per heavy atom. The lowest BCUT2D eigenvalue weighted by Crippen LogP contribution is -2.23. The number of hydrogen-bond acceptors (Lipinski definition) is 5. The molecule has 25 heavy (non-hydrogen) atoms. The van der Waals surface area contributed by atoms with Crippen molar-refractivity contribution in [3.8, 4) is 5.75 Å². The van der Waals surface area contributed by atoms with Gasteiger partial charge in [0, 0.05) is 26.2 Å². The van der Waals surface area contributed by atoms with Crippen molar-refractivity contribution in [3.63, 3.8) is 0 Å². The molecule has 0 atom stereocenters. The van der Waals surface area contributed by atoms with Crippen LogP contribution in [0.4, 0.5) is 5.69 Å². The molecule has 0 radical (unpaired) electrons. The summed E-state index contributed by atoms with van der Waals surface area (Å²) in [4.78, 5) is 12.2. The predicted molar refractivity (Wildman–Crippen MR) is 99.8 cm³/mol. The summed E-state index contributed by atoms with van der Waals surface area (Å²) in [6.07, 6.45) is 0.981. The largest absolute Gasteiger partial charge is 0.492 e. The molecule has 8 heteroatoms. The van der Waals surface area contributed by atoms with Crippen LogP contribution in [0.1, 0.15) is 18.9 Å². The smallest absolute Gasteiger partial charge is 0.246 e. The van der Waals surface area contributed by atoms with E-state index in [1.54, 1.807) is 30.4 Å². The summed E-state index contributed by atoms with van der Waals surface area (Å²) < 4.78 is 31.5. The molecule has 0 aliphatic carbocycles. The molecule has 0 spiro atoms. The van der Waals surface area contributed by atoms with Crippen LogP contribution in [0, 0.1) is 0 Å². The van der Waals surface area contributed by atoms with E-state index in [1.165, 1.54) is 20.2 Å². The number of amides is 1. The second-order valence-corrected chi connectivity index (χ2v) is 8.46. The van der Waals surface area contributed by atoms with Crippen molar-refractivity contribution in [3.05, 3.63) is 40.6 Å². The molecule has 2 rings (SSSR count). The van der Waals surface area contributed by atoms with Gasteiger partial charge in [0.1, 0.15) is 10.6 Å². The molecule has 0 saturated heterocycles. The molecule has 0 fully saturated rings. The number of hydrogen-bond donors (Lipinski definition) is 1. The minimum Gasteiger partial charge on any atom is -0.492 e. The first-order valence-electron chi connectivity index (χ1n) is 7.85. The molecule has 6 nitrogen and oxygen atoms in total. The molecule has 0 bridgehead atoms. The Hall–Kier alpha value is -1.90. The lowest BCUT2D eigenvalue weighted by atomic mass is 10.2. The van der Waals surface area contributed by atoms with Gasteiger partial charge in [-0.3, -0.25) is 4.79 Å². The van der Waals surface area contributed by atoms with E-state index >= 15 is 0 Å². The number of rotatable bonds is 8. The summed E-state index contributed by atoms with van der Waals surface area (Å²) in [7, 11) is -0.766. The van der Waals surface area contributed by atoms with Crippen LogP contribution in [-0.2, 0) is 21.2 Å². The first-order chi connectivity index (χ1) is 11.8.